The van der Waals surface area contributed by atoms with E-state index in [1.807, 2.05) is 25.2 Å². The van der Waals surface area contributed by atoms with Gasteiger partial charge in [0, 0.05) is 58.9 Å². The molecule has 0 bridgehead atoms. The Morgan fingerprint density at radius 3 is 2.67 bits per heavy atom. The Balaban J connectivity index is 0.00000182. The predicted molar refractivity (Wildman–Crippen MR) is 115 cm³/mol. The summed E-state index contributed by atoms with van der Waals surface area (Å²) in [6, 6.07) is 4.67. The van der Waals surface area contributed by atoms with Gasteiger partial charge in [-0.3, -0.25) is 9.69 Å². The van der Waals surface area contributed by atoms with Crippen LogP contribution < -0.4 is 10.6 Å². The molecule has 0 aliphatic carbocycles. The van der Waals surface area contributed by atoms with Crippen LogP contribution in [0.15, 0.2) is 18.3 Å². The molecule has 3 heterocycles. The molecule has 154 valence electrons. The highest BCUT2D eigenvalue weighted by Crippen LogP contribution is 2.32. The molecule has 2 fully saturated rings. The maximum Gasteiger partial charge on any atom is 0.222 e. The minimum Gasteiger partial charge on any atom is -0.363 e. The van der Waals surface area contributed by atoms with E-state index in [4.69, 9.17) is 5.73 Å². The molecular formula is C19H33Cl2N5O. The second kappa shape index (κ2) is 11.1. The number of nitrogens with two attached hydrogens (primary N) is 1. The first-order valence-electron chi connectivity index (χ1n) is 9.42. The van der Waals surface area contributed by atoms with Crippen LogP contribution in [0.4, 0.5) is 5.82 Å². The Hall–Kier alpha value is -1.08. The highest BCUT2D eigenvalue weighted by Gasteiger charge is 2.38. The van der Waals surface area contributed by atoms with Crippen molar-refractivity contribution in [1.29, 1.82) is 0 Å². The van der Waals surface area contributed by atoms with Gasteiger partial charge in [-0.05, 0) is 43.4 Å². The number of rotatable bonds is 6. The number of amides is 1. The van der Waals surface area contributed by atoms with E-state index < -0.39 is 0 Å². The molecule has 1 amide bonds. The van der Waals surface area contributed by atoms with Crippen molar-refractivity contribution in [2.75, 3.05) is 45.2 Å². The molecule has 0 saturated carbocycles. The number of pyridine rings is 1. The van der Waals surface area contributed by atoms with Gasteiger partial charge in [0.25, 0.3) is 0 Å². The Morgan fingerprint density at radius 1 is 1.26 bits per heavy atom. The van der Waals surface area contributed by atoms with Gasteiger partial charge < -0.3 is 15.5 Å². The first-order chi connectivity index (χ1) is 12.1. The number of nitrogens with zero attached hydrogens (tertiary/aromatic N) is 4. The highest BCUT2D eigenvalue weighted by atomic mass is 35.5. The zero-order chi connectivity index (χ0) is 17.8. The molecule has 2 N–H and O–H groups in total. The second-order valence-electron chi connectivity index (χ2n) is 7.54. The van der Waals surface area contributed by atoms with E-state index in [0.29, 0.717) is 30.8 Å². The van der Waals surface area contributed by atoms with E-state index in [1.54, 1.807) is 0 Å². The smallest absolute Gasteiger partial charge is 0.222 e. The first-order valence-corrected chi connectivity index (χ1v) is 9.42. The quantitative estimate of drug-likeness (QED) is 0.767. The summed E-state index contributed by atoms with van der Waals surface area (Å²) in [7, 11) is 4.02. The minimum absolute atomic E-state index is 0. The Kier molecular flexibility index (Phi) is 9.81. The summed E-state index contributed by atoms with van der Waals surface area (Å²) in [6.07, 6.45) is 5.68. The number of piperidine rings is 2. The summed E-state index contributed by atoms with van der Waals surface area (Å²) >= 11 is 0. The predicted octanol–water partition coefficient (Wildman–Crippen LogP) is 2.15. The zero-order valence-electron chi connectivity index (χ0n) is 16.3. The Bertz CT molecular complexity index is 584. The number of hydrogen-bond donors (Lipinski definition) is 1. The maximum absolute atomic E-state index is 12.3. The van der Waals surface area contributed by atoms with Gasteiger partial charge in [0.2, 0.25) is 5.91 Å². The van der Waals surface area contributed by atoms with Gasteiger partial charge in [-0.15, -0.1) is 24.8 Å². The number of hydrogen-bond acceptors (Lipinski definition) is 5. The minimum atomic E-state index is 0. The normalized spacial score (nSPS) is 22.5. The molecule has 2 atom stereocenters. The molecule has 0 aromatic carbocycles. The van der Waals surface area contributed by atoms with Crippen LogP contribution in [0.25, 0.3) is 0 Å². The fraction of sp³-hybridized carbons (Fsp3) is 0.684. The highest BCUT2D eigenvalue weighted by molar-refractivity contribution is 5.85. The van der Waals surface area contributed by atoms with Crippen LogP contribution in [0.5, 0.6) is 0 Å². The molecule has 1 aromatic heterocycles. The monoisotopic (exact) mass is 417 g/mol. The van der Waals surface area contributed by atoms with Crippen molar-refractivity contribution in [2.24, 2.45) is 11.7 Å². The molecule has 27 heavy (non-hydrogen) atoms. The zero-order valence-corrected chi connectivity index (χ0v) is 18.0. The average Bonchev–Trinajstić information content (AvgIpc) is 2.61. The van der Waals surface area contributed by atoms with E-state index in [1.165, 1.54) is 5.56 Å². The van der Waals surface area contributed by atoms with Crippen LogP contribution in [0.2, 0.25) is 0 Å². The van der Waals surface area contributed by atoms with Gasteiger partial charge in [-0.25, -0.2) is 4.98 Å². The lowest BCUT2D eigenvalue weighted by Gasteiger charge is -2.47. The molecule has 0 radical (unpaired) electrons. The Morgan fingerprint density at radius 2 is 2.04 bits per heavy atom. The van der Waals surface area contributed by atoms with Crippen molar-refractivity contribution in [3.05, 3.63) is 23.9 Å². The summed E-state index contributed by atoms with van der Waals surface area (Å²) in [6.45, 7) is 4.55. The molecule has 2 aliphatic heterocycles. The van der Waals surface area contributed by atoms with Crippen molar-refractivity contribution in [2.45, 2.75) is 38.3 Å². The summed E-state index contributed by atoms with van der Waals surface area (Å²) in [4.78, 5) is 23.4. The van der Waals surface area contributed by atoms with Gasteiger partial charge in [0.15, 0.2) is 0 Å². The topological polar surface area (TPSA) is 65.7 Å². The standard InChI is InChI=1S/C19H31N5O.2ClH/c1-22(2)18-6-4-15(12-21-18)13-23-11-8-17-16(14-23)5-7-19(25)24(17)10-3-9-20;;/h4,6,12,16-17H,3,5,7-11,13-14,20H2,1-2H3;2*1H/t16-,17+;;/m0../s1. The van der Waals surface area contributed by atoms with Gasteiger partial charge >= 0.3 is 0 Å². The van der Waals surface area contributed by atoms with Crippen molar-refractivity contribution in [1.82, 2.24) is 14.8 Å². The van der Waals surface area contributed by atoms with E-state index in [2.05, 4.69) is 26.9 Å². The average molecular weight is 418 g/mol. The lowest BCUT2D eigenvalue weighted by molar-refractivity contribution is -0.141. The van der Waals surface area contributed by atoms with Gasteiger partial charge in [0.1, 0.15) is 5.82 Å². The molecular weight excluding hydrogens is 385 g/mol. The number of likely N-dealkylation sites (tertiary alicyclic amines) is 2. The van der Waals surface area contributed by atoms with Gasteiger partial charge in [0.05, 0.1) is 0 Å². The fourth-order valence-electron chi connectivity index (χ4n) is 4.16. The number of carbonyl (C=O) groups excluding carboxylic acids is 1. The van der Waals surface area contributed by atoms with Crippen molar-refractivity contribution in [3.63, 3.8) is 0 Å². The van der Waals surface area contributed by atoms with Crippen LogP contribution in [-0.4, -0.2) is 67.0 Å². The summed E-state index contributed by atoms with van der Waals surface area (Å²) in [5.74, 6) is 1.91. The second-order valence-corrected chi connectivity index (χ2v) is 7.54. The van der Waals surface area contributed by atoms with Crippen LogP contribution in [0, 0.1) is 5.92 Å². The molecule has 0 spiro atoms. The van der Waals surface area contributed by atoms with E-state index in [9.17, 15) is 4.79 Å². The van der Waals surface area contributed by atoms with Crippen LogP contribution >= 0.6 is 24.8 Å². The number of aromatic nitrogens is 1. The summed E-state index contributed by atoms with van der Waals surface area (Å²) in [5.41, 5.74) is 6.90. The van der Waals surface area contributed by atoms with Crippen LogP contribution in [0.1, 0.15) is 31.2 Å². The molecule has 8 heteroatoms. The fourth-order valence-corrected chi connectivity index (χ4v) is 4.16. The Labute approximate surface area is 175 Å². The van der Waals surface area contributed by atoms with Crippen LogP contribution in [-0.2, 0) is 11.3 Å². The maximum atomic E-state index is 12.3. The molecule has 2 aliphatic rings. The molecule has 6 nitrogen and oxygen atoms in total. The summed E-state index contributed by atoms with van der Waals surface area (Å²) < 4.78 is 0. The van der Waals surface area contributed by atoms with E-state index in [-0.39, 0.29) is 24.8 Å². The third-order valence-electron chi connectivity index (χ3n) is 5.50. The van der Waals surface area contributed by atoms with Crippen LogP contribution in [0.3, 0.4) is 0 Å². The third-order valence-corrected chi connectivity index (χ3v) is 5.50. The molecule has 1 aromatic rings. The summed E-state index contributed by atoms with van der Waals surface area (Å²) in [5, 5.41) is 0. The van der Waals surface area contributed by atoms with Crippen molar-refractivity contribution in [3.8, 4) is 0 Å². The lowest BCUT2D eigenvalue weighted by Crippen LogP contribution is -2.56. The molecule has 0 unspecified atom stereocenters. The molecule has 3 rings (SSSR count). The lowest BCUT2D eigenvalue weighted by atomic mass is 9.83. The van der Waals surface area contributed by atoms with Gasteiger partial charge in [-0.2, -0.15) is 0 Å². The molecule has 2 saturated heterocycles. The van der Waals surface area contributed by atoms with Crippen molar-refractivity contribution >= 4 is 36.5 Å². The van der Waals surface area contributed by atoms with Crippen molar-refractivity contribution < 1.29 is 4.79 Å². The first kappa shape index (κ1) is 24.0. The van der Waals surface area contributed by atoms with Gasteiger partial charge in [-0.1, -0.05) is 6.07 Å². The van der Waals surface area contributed by atoms with E-state index >= 15 is 0 Å². The third kappa shape index (κ3) is 5.95. The number of halogens is 2. The SMILES string of the molecule is CN(C)c1ccc(CN2CC[C@@H]3[C@@H](CCC(=O)N3CCCN)C2)cn1.Cl.Cl. The largest absolute Gasteiger partial charge is 0.363 e. The number of carbonyl (C=O) groups is 1. The number of anilines is 1. The number of fused-ring (bicyclic) bond motifs is 1. The van der Waals surface area contributed by atoms with E-state index in [0.717, 1.165) is 51.3 Å².